The average Bonchev–Trinajstić information content (AvgIpc) is 3.07. The molecule has 5 rings (SSSR count). The molecule has 0 unspecified atom stereocenters. The lowest BCUT2D eigenvalue weighted by atomic mass is 9.68. The first kappa shape index (κ1) is 24.2. The Labute approximate surface area is 208 Å². The number of urea groups is 1. The lowest BCUT2D eigenvalue weighted by molar-refractivity contribution is 0.0158. The van der Waals surface area contributed by atoms with Crippen LogP contribution in [-0.2, 0) is 5.54 Å². The van der Waals surface area contributed by atoms with Crippen molar-refractivity contribution in [1.29, 1.82) is 0 Å². The molecular formula is C30H47N3O. The summed E-state index contributed by atoms with van der Waals surface area (Å²) in [5, 5.41) is 0. The van der Waals surface area contributed by atoms with Crippen molar-refractivity contribution in [3.8, 4) is 0 Å². The Morgan fingerprint density at radius 2 is 1.59 bits per heavy atom. The molecule has 3 saturated carbocycles. The molecule has 1 saturated heterocycles. The maximum absolute atomic E-state index is 13.8. The van der Waals surface area contributed by atoms with Crippen LogP contribution in [0.15, 0.2) is 30.3 Å². The molecule has 0 atom stereocenters. The predicted molar refractivity (Wildman–Crippen MR) is 140 cm³/mol. The van der Waals surface area contributed by atoms with E-state index in [0.717, 1.165) is 51.2 Å². The van der Waals surface area contributed by atoms with Gasteiger partial charge in [-0.15, -0.1) is 0 Å². The minimum atomic E-state index is 0.0361. The van der Waals surface area contributed by atoms with Gasteiger partial charge in [0.05, 0.1) is 5.54 Å². The molecule has 4 heteroatoms. The zero-order chi connectivity index (χ0) is 23.8. The summed E-state index contributed by atoms with van der Waals surface area (Å²) >= 11 is 0. The molecule has 1 spiro atoms. The lowest BCUT2D eigenvalue weighted by Crippen LogP contribution is -2.56. The number of nitrogens with zero attached hydrogens (tertiary/aromatic N) is 3. The van der Waals surface area contributed by atoms with Gasteiger partial charge in [-0.25, -0.2) is 4.79 Å². The van der Waals surface area contributed by atoms with Crippen molar-refractivity contribution in [3.63, 3.8) is 0 Å². The topological polar surface area (TPSA) is 26.8 Å². The van der Waals surface area contributed by atoms with Gasteiger partial charge >= 0.3 is 6.03 Å². The SMILES string of the molecule is CN(C)C1(c2ccccc2)CCC2(CC1)CN(CCC1(C)CCCCC1)C(=O)N2CC1CCC1. The van der Waals surface area contributed by atoms with E-state index < -0.39 is 0 Å². The Morgan fingerprint density at radius 1 is 0.912 bits per heavy atom. The Morgan fingerprint density at radius 3 is 2.18 bits per heavy atom. The minimum Gasteiger partial charge on any atom is -0.322 e. The standard InChI is InChI=1S/C30H47N3O/c1-28(15-8-5-9-16-28)21-22-32-24-29(33(27(32)34)23-25-11-10-12-25)17-19-30(20-18-29,31(2)3)26-13-6-4-7-14-26/h4,6-7,13-14,25H,5,8-12,15-24H2,1-3H3. The summed E-state index contributed by atoms with van der Waals surface area (Å²) < 4.78 is 0. The third-order valence-corrected chi connectivity index (χ3v) is 10.4. The van der Waals surface area contributed by atoms with Gasteiger partial charge in [0.15, 0.2) is 0 Å². The molecule has 1 aliphatic heterocycles. The van der Waals surface area contributed by atoms with Crippen LogP contribution in [-0.4, -0.2) is 60.0 Å². The van der Waals surface area contributed by atoms with Crippen LogP contribution in [0.4, 0.5) is 4.79 Å². The number of hydrogen-bond donors (Lipinski definition) is 0. The van der Waals surface area contributed by atoms with Crippen molar-refractivity contribution in [2.75, 3.05) is 33.7 Å². The van der Waals surface area contributed by atoms with E-state index in [9.17, 15) is 4.79 Å². The second kappa shape index (κ2) is 9.48. The van der Waals surface area contributed by atoms with E-state index in [1.54, 1.807) is 0 Å². The van der Waals surface area contributed by atoms with Crippen molar-refractivity contribution >= 4 is 6.03 Å². The average molecular weight is 466 g/mol. The molecule has 4 aliphatic rings. The van der Waals surface area contributed by atoms with E-state index in [1.165, 1.54) is 63.4 Å². The van der Waals surface area contributed by atoms with Crippen LogP contribution in [0.5, 0.6) is 0 Å². The van der Waals surface area contributed by atoms with Gasteiger partial charge in [-0.05, 0) is 88.8 Å². The monoisotopic (exact) mass is 465 g/mol. The molecule has 1 aromatic carbocycles. The predicted octanol–water partition coefficient (Wildman–Crippen LogP) is 6.65. The van der Waals surface area contributed by atoms with Crippen LogP contribution >= 0.6 is 0 Å². The molecule has 4 fully saturated rings. The van der Waals surface area contributed by atoms with Gasteiger partial charge in [-0.2, -0.15) is 0 Å². The van der Waals surface area contributed by atoms with E-state index >= 15 is 0 Å². The summed E-state index contributed by atoms with van der Waals surface area (Å²) in [6.45, 7) is 5.37. The van der Waals surface area contributed by atoms with Gasteiger partial charge in [0.25, 0.3) is 0 Å². The van der Waals surface area contributed by atoms with E-state index in [2.05, 4.69) is 66.1 Å². The van der Waals surface area contributed by atoms with Crippen molar-refractivity contribution in [1.82, 2.24) is 14.7 Å². The Balaban J connectivity index is 1.34. The summed E-state index contributed by atoms with van der Waals surface area (Å²) in [7, 11) is 4.49. The summed E-state index contributed by atoms with van der Waals surface area (Å²) in [5.41, 5.74) is 1.99. The lowest BCUT2D eigenvalue weighted by Gasteiger charge is -2.51. The quantitative estimate of drug-likeness (QED) is 0.450. The minimum absolute atomic E-state index is 0.0361. The maximum Gasteiger partial charge on any atom is 0.320 e. The molecule has 34 heavy (non-hydrogen) atoms. The molecule has 0 bridgehead atoms. The number of hydrogen-bond acceptors (Lipinski definition) is 2. The number of rotatable bonds is 7. The largest absolute Gasteiger partial charge is 0.322 e. The highest BCUT2D eigenvalue weighted by Crippen LogP contribution is 2.50. The van der Waals surface area contributed by atoms with E-state index in [1.807, 2.05) is 0 Å². The highest BCUT2D eigenvalue weighted by atomic mass is 16.2. The zero-order valence-corrected chi connectivity index (χ0v) is 22.0. The van der Waals surface area contributed by atoms with Crippen molar-refractivity contribution < 1.29 is 4.79 Å². The summed E-state index contributed by atoms with van der Waals surface area (Å²) in [6, 6.07) is 11.4. The van der Waals surface area contributed by atoms with Gasteiger partial charge in [0.2, 0.25) is 0 Å². The van der Waals surface area contributed by atoms with Crippen molar-refractivity contribution in [2.24, 2.45) is 11.3 Å². The number of carbonyl (C=O) groups excluding carboxylic acids is 1. The van der Waals surface area contributed by atoms with Crippen LogP contribution in [0, 0.1) is 11.3 Å². The van der Waals surface area contributed by atoms with Crippen LogP contribution in [0.2, 0.25) is 0 Å². The fourth-order valence-electron chi connectivity index (χ4n) is 7.62. The number of benzene rings is 1. The smallest absolute Gasteiger partial charge is 0.320 e. The van der Waals surface area contributed by atoms with Gasteiger partial charge in [0, 0.05) is 25.2 Å². The van der Waals surface area contributed by atoms with E-state index in [-0.39, 0.29) is 11.1 Å². The molecule has 2 amide bonds. The van der Waals surface area contributed by atoms with Crippen LogP contribution in [0.3, 0.4) is 0 Å². The second-order valence-corrected chi connectivity index (χ2v) is 12.7. The molecule has 1 heterocycles. The van der Waals surface area contributed by atoms with Crippen molar-refractivity contribution in [2.45, 2.75) is 101 Å². The Hall–Kier alpha value is -1.55. The highest BCUT2D eigenvalue weighted by molar-refractivity contribution is 5.78. The van der Waals surface area contributed by atoms with Gasteiger partial charge in [-0.3, -0.25) is 4.90 Å². The summed E-state index contributed by atoms with van der Waals surface area (Å²) in [4.78, 5) is 20.9. The summed E-state index contributed by atoms with van der Waals surface area (Å²) in [6.07, 6.45) is 16.5. The molecule has 3 aliphatic carbocycles. The fraction of sp³-hybridized carbons (Fsp3) is 0.767. The molecular weight excluding hydrogens is 418 g/mol. The summed E-state index contributed by atoms with van der Waals surface area (Å²) in [5.74, 6) is 0.728. The van der Waals surface area contributed by atoms with E-state index in [0.29, 0.717) is 11.4 Å². The molecule has 0 N–H and O–H groups in total. The zero-order valence-electron chi connectivity index (χ0n) is 22.0. The normalized spacial score (nSPS) is 31.9. The fourth-order valence-corrected chi connectivity index (χ4v) is 7.62. The van der Waals surface area contributed by atoms with Gasteiger partial charge in [-0.1, -0.05) is 62.9 Å². The number of carbonyl (C=O) groups is 1. The third kappa shape index (κ3) is 4.40. The maximum atomic E-state index is 13.8. The highest BCUT2D eigenvalue weighted by Gasteiger charge is 2.55. The van der Waals surface area contributed by atoms with Crippen LogP contribution < -0.4 is 0 Å². The second-order valence-electron chi connectivity index (χ2n) is 12.7. The first-order valence-corrected chi connectivity index (χ1v) is 14.2. The molecule has 188 valence electrons. The molecule has 0 aromatic heterocycles. The first-order valence-electron chi connectivity index (χ1n) is 14.2. The Kier molecular flexibility index (Phi) is 6.74. The number of amides is 2. The van der Waals surface area contributed by atoms with Gasteiger partial charge in [0.1, 0.15) is 0 Å². The Bertz CT molecular complexity index is 832. The van der Waals surface area contributed by atoms with Crippen LogP contribution in [0.25, 0.3) is 0 Å². The van der Waals surface area contributed by atoms with Gasteiger partial charge < -0.3 is 9.80 Å². The van der Waals surface area contributed by atoms with E-state index in [4.69, 9.17) is 0 Å². The molecule has 0 radical (unpaired) electrons. The van der Waals surface area contributed by atoms with Crippen molar-refractivity contribution in [3.05, 3.63) is 35.9 Å². The van der Waals surface area contributed by atoms with Crippen LogP contribution in [0.1, 0.15) is 96.0 Å². The molecule has 4 nitrogen and oxygen atoms in total. The first-order chi connectivity index (χ1) is 16.4. The molecule has 1 aromatic rings. The third-order valence-electron chi connectivity index (χ3n) is 10.4.